The Labute approximate surface area is 193 Å². The van der Waals surface area contributed by atoms with Crippen molar-refractivity contribution in [3.63, 3.8) is 0 Å². The summed E-state index contributed by atoms with van der Waals surface area (Å²) in [4.78, 5) is 19.6. The van der Waals surface area contributed by atoms with E-state index in [1.54, 1.807) is 4.90 Å². The third kappa shape index (κ3) is 5.21. The van der Waals surface area contributed by atoms with Crippen LogP contribution >= 0.6 is 11.6 Å². The van der Waals surface area contributed by atoms with Crippen molar-refractivity contribution in [2.45, 2.75) is 33.4 Å². The molecular formula is C25H28ClN3O3. The number of amides is 2. The lowest BCUT2D eigenvalue weighted by atomic mass is 10.1. The molecule has 1 aliphatic rings. The number of carbonyl (C=O) groups excluding carboxylic acids is 1. The SMILES string of the molecule is Cc1cc(C)c2nc(Cl)c(CN(CC3COCCO3)C(=O)Nc3ccccc3C)cc2c1. The number of anilines is 1. The van der Waals surface area contributed by atoms with E-state index in [0.717, 1.165) is 38.8 Å². The first-order chi connectivity index (χ1) is 15.4. The van der Waals surface area contributed by atoms with Crippen molar-refractivity contribution in [2.24, 2.45) is 0 Å². The van der Waals surface area contributed by atoms with Crippen LogP contribution in [0.3, 0.4) is 0 Å². The molecule has 0 saturated carbocycles. The Hall–Kier alpha value is -2.67. The van der Waals surface area contributed by atoms with Gasteiger partial charge in [0.2, 0.25) is 0 Å². The lowest BCUT2D eigenvalue weighted by molar-refractivity contribution is -0.0943. The number of pyridine rings is 1. The highest BCUT2D eigenvalue weighted by Gasteiger charge is 2.24. The number of aromatic nitrogens is 1. The minimum absolute atomic E-state index is 0.192. The van der Waals surface area contributed by atoms with Crippen LogP contribution in [0.5, 0.6) is 0 Å². The third-order valence-corrected chi connectivity index (χ3v) is 5.95. The van der Waals surface area contributed by atoms with E-state index in [9.17, 15) is 4.79 Å². The van der Waals surface area contributed by atoms with Crippen molar-refractivity contribution >= 4 is 34.2 Å². The van der Waals surface area contributed by atoms with Crippen LogP contribution in [-0.4, -0.2) is 48.4 Å². The Kier molecular flexibility index (Phi) is 6.94. The zero-order chi connectivity index (χ0) is 22.7. The molecule has 1 aliphatic heterocycles. The number of hydrogen-bond acceptors (Lipinski definition) is 4. The molecule has 3 aromatic rings. The van der Waals surface area contributed by atoms with Crippen LogP contribution in [0.1, 0.15) is 22.3 Å². The van der Waals surface area contributed by atoms with Crippen molar-refractivity contribution in [1.29, 1.82) is 0 Å². The Morgan fingerprint density at radius 1 is 1.16 bits per heavy atom. The second kappa shape index (κ2) is 9.86. The smallest absolute Gasteiger partial charge is 0.322 e. The summed E-state index contributed by atoms with van der Waals surface area (Å²) in [5, 5.41) is 4.44. The zero-order valence-corrected chi connectivity index (χ0v) is 19.4. The van der Waals surface area contributed by atoms with Gasteiger partial charge in [-0.3, -0.25) is 0 Å². The average molecular weight is 454 g/mol. The van der Waals surface area contributed by atoms with Crippen LogP contribution in [0, 0.1) is 20.8 Å². The van der Waals surface area contributed by atoms with Gasteiger partial charge in [-0.1, -0.05) is 41.4 Å². The van der Waals surface area contributed by atoms with Crippen LogP contribution in [0.2, 0.25) is 5.15 Å². The summed E-state index contributed by atoms with van der Waals surface area (Å²) in [6.07, 6.45) is -0.192. The number of ether oxygens (including phenoxy) is 2. The summed E-state index contributed by atoms with van der Waals surface area (Å²) in [5.74, 6) is 0. The van der Waals surface area contributed by atoms with E-state index >= 15 is 0 Å². The maximum Gasteiger partial charge on any atom is 0.322 e. The number of aryl methyl sites for hydroxylation is 3. The van der Waals surface area contributed by atoms with Gasteiger partial charge in [-0.15, -0.1) is 0 Å². The van der Waals surface area contributed by atoms with E-state index in [1.165, 1.54) is 0 Å². The van der Waals surface area contributed by atoms with Crippen molar-refractivity contribution in [1.82, 2.24) is 9.88 Å². The van der Waals surface area contributed by atoms with Gasteiger partial charge in [0.15, 0.2) is 0 Å². The first-order valence-corrected chi connectivity index (χ1v) is 11.2. The van der Waals surface area contributed by atoms with E-state index in [1.807, 2.05) is 44.2 Å². The molecule has 168 valence electrons. The Morgan fingerprint density at radius 2 is 1.97 bits per heavy atom. The fourth-order valence-electron chi connectivity index (χ4n) is 4.00. The number of benzene rings is 2. The molecule has 1 atom stereocenters. The third-order valence-electron chi connectivity index (χ3n) is 5.62. The van der Waals surface area contributed by atoms with Crippen molar-refractivity contribution in [3.05, 3.63) is 69.9 Å². The quantitative estimate of drug-likeness (QED) is 0.535. The molecule has 0 aliphatic carbocycles. The molecule has 0 bridgehead atoms. The Morgan fingerprint density at radius 3 is 2.72 bits per heavy atom. The molecule has 32 heavy (non-hydrogen) atoms. The topological polar surface area (TPSA) is 63.7 Å². The molecular weight excluding hydrogens is 426 g/mol. The Balaban J connectivity index is 1.62. The number of rotatable bonds is 5. The average Bonchev–Trinajstić information content (AvgIpc) is 2.76. The number of fused-ring (bicyclic) bond motifs is 1. The second-order valence-electron chi connectivity index (χ2n) is 8.29. The van der Waals surface area contributed by atoms with Crippen LogP contribution in [0.4, 0.5) is 10.5 Å². The summed E-state index contributed by atoms with van der Waals surface area (Å²) in [6, 6.07) is 13.7. The minimum atomic E-state index is -0.218. The first-order valence-electron chi connectivity index (χ1n) is 10.8. The fraction of sp³-hybridized carbons (Fsp3) is 0.360. The number of para-hydroxylation sites is 1. The van der Waals surface area contributed by atoms with Crippen molar-refractivity contribution < 1.29 is 14.3 Å². The number of urea groups is 1. The molecule has 1 fully saturated rings. The second-order valence-corrected chi connectivity index (χ2v) is 8.64. The van der Waals surface area contributed by atoms with Crippen molar-refractivity contribution in [3.8, 4) is 0 Å². The summed E-state index contributed by atoms with van der Waals surface area (Å²) < 4.78 is 11.3. The summed E-state index contributed by atoms with van der Waals surface area (Å²) >= 11 is 6.57. The van der Waals surface area contributed by atoms with Gasteiger partial charge in [0.05, 0.1) is 44.5 Å². The largest absolute Gasteiger partial charge is 0.376 e. The maximum atomic E-state index is 13.3. The maximum absolute atomic E-state index is 13.3. The highest BCUT2D eigenvalue weighted by molar-refractivity contribution is 6.30. The highest BCUT2D eigenvalue weighted by atomic mass is 35.5. The molecule has 0 spiro atoms. The number of hydrogen-bond donors (Lipinski definition) is 1. The van der Waals surface area contributed by atoms with Crippen LogP contribution in [0.25, 0.3) is 10.9 Å². The predicted molar refractivity (Wildman–Crippen MR) is 127 cm³/mol. The zero-order valence-electron chi connectivity index (χ0n) is 18.7. The molecule has 4 rings (SSSR count). The van der Waals surface area contributed by atoms with Gasteiger partial charge >= 0.3 is 6.03 Å². The number of nitrogens with zero attached hydrogens (tertiary/aromatic N) is 2. The summed E-state index contributed by atoms with van der Waals surface area (Å²) in [7, 11) is 0. The molecule has 2 heterocycles. The molecule has 1 aromatic heterocycles. The lowest BCUT2D eigenvalue weighted by Crippen LogP contribution is -2.44. The number of nitrogens with one attached hydrogen (secondary N) is 1. The van der Waals surface area contributed by atoms with Gasteiger partial charge in [-0.25, -0.2) is 9.78 Å². The van der Waals surface area contributed by atoms with Gasteiger partial charge in [-0.05, 0) is 50.1 Å². The lowest BCUT2D eigenvalue weighted by Gasteiger charge is -2.30. The van der Waals surface area contributed by atoms with E-state index < -0.39 is 0 Å². The van der Waals surface area contributed by atoms with Crippen molar-refractivity contribution in [2.75, 3.05) is 31.7 Å². The van der Waals surface area contributed by atoms with Gasteiger partial charge < -0.3 is 19.7 Å². The number of halogens is 1. The summed E-state index contributed by atoms with van der Waals surface area (Å²) in [5.41, 5.74) is 5.68. The monoisotopic (exact) mass is 453 g/mol. The number of carbonyl (C=O) groups is 1. The molecule has 2 aromatic carbocycles. The summed E-state index contributed by atoms with van der Waals surface area (Å²) in [6.45, 7) is 8.30. The van der Waals surface area contributed by atoms with Crippen LogP contribution < -0.4 is 5.32 Å². The van der Waals surface area contributed by atoms with Gasteiger partial charge in [0, 0.05) is 16.6 Å². The van der Waals surface area contributed by atoms with E-state index in [-0.39, 0.29) is 12.1 Å². The molecule has 2 amide bonds. The van der Waals surface area contributed by atoms with E-state index in [0.29, 0.717) is 38.1 Å². The normalized spacial score (nSPS) is 16.2. The molecule has 1 saturated heterocycles. The van der Waals surface area contributed by atoms with E-state index in [4.69, 9.17) is 21.1 Å². The minimum Gasteiger partial charge on any atom is -0.376 e. The molecule has 1 unspecified atom stereocenters. The first kappa shape index (κ1) is 22.5. The predicted octanol–water partition coefficient (Wildman–Crippen LogP) is 5.26. The van der Waals surface area contributed by atoms with Gasteiger partial charge in [0.1, 0.15) is 5.15 Å². The highest BCUT2D eigenvalue weighted by Crippen LogP contribution is 2.26. The van der Waals surface area contributed by atoms with Gasteiger partial charge in [0.25, 0.3) is 0 Å². The molecule has 1 N–H and O–H groups in total. The molecule has 7 heteroatoms. The standard InChI is InChI=1S/C25H28ClN3O3/c1-16-10-18(3)23-19(11-16)12-20(24(26)28-23)13-29(14-21-15-31-8-9-32-21)25(30)27-22-7-5-4-6-17(22)2/h4-7,10-12,21H,8-9,13-15H2,1-3H3,(H,27,30). The fourth-order valence-corrected chi connectivity index (χ4v) is 4.20. The molecule has 0 radical (unpaired) electrons. The van der Waals surface area contributed by atoms with E-state index in [2.05, 4.69) is 29.4 Å². The van der Waals surface area contributed by atoms with Crippen LogP contribution in [-0.2, 0) is 16.0 Å². The van der Waals surface area contributed by atoms with Crippen LogP contribution in [0.15, 0.2) is 42.5 Å². The Bertz CT molecular complexity index is 1130. The molecule has 6 nitrogen and oxygen atoms in total. The van der Waals surface area contributed by atoms with Gasteiger partial charge in [-0.2, -0.15) is 0 Å².